The molecule has 3 nitrogen and oxygen atoms in total. The number of hydrogen-bond acceptors (Lipinski definition) is 3. The van der Waals surface area contributed by atoms with Crippen LogP contribution in [0.15, 0.2) is 30.5 Å². The first-order chi connectivity index (χ1) is 9.22. The van der Waals surface area contributed by atoms with Crippen LogP contribution < -0.4 is 5.32 Å². The Morgan fingerprint density at radius 2 is 2.00 bits per heavy atom. The van der Waals surface area contributed by atoms with Crippen molar-refractivity contribution in [3.8, 4) is 11.4 Å². The van der Waals surface area contributed by atoms with Crippen molar-refractivity contribution >= 4 is 23.2 Å². The fraction of sp³-hybridized carbons (Fsp3) is 0.286. The first-order valence-corrected chi connectivity index (χ1v) is 6.99. The molecule has 1 heterocycles. The van der Waals surface area contributed by atoms with Crippen molar-refractivity contribution in [2.24, 2.45) is 0 Å². The highest BCUT2D eigenvalue weighted by atomic mass is 35.5. The molecule has 1 aliphatic rings. The van der Waals surface area contributed by atoms with E-state index in [1.807, 2.05) is 12.1 Å². The summed E-state index contributed by atoms with van der Waals surface area (Å²) in [5.74, 6) is 0.675. The molecule has 0 amide bonds. The summed E-state index contributed by atoms with van der Waals surface area (Å²) in [4.78, 5) is 8.82. The van der Waals surface area contributed by atoms with E-state index in [1.54, 1.807) is 18.3 Å². The van der Waals surface area contributed by atoms with E-state index in [4.69, 9.17) is 23.2 Å². The van der Waals surface area contributed by atoms with Crippen molar-refractivity contribution in [3.05, 3.63) is 46.2 Å². The van der Waals surface area contributed by atoms with Crippen LogP contribution in [0.3, 0.4) is 0 Å². The zero-order valence-electron chi connectivity index (χ0n) is 10.2. The SMILES string of the molecule is Clc1ccc(-c2nccc(CNC3CC3)n2)cc1Cl. The summed E-state index contributed by atoms with van der Waals surface area (Å²) in [5, 5.41) is 4.49. The molecule has 0 aliphatic heterocycles. The molecule has 0 radical (unpaired) electrons. The van der Waals surface area contributed by atoms with Crippen LogP contribution in [-0.2, 0) is 6.54 Å². The van der Waals surface area contributed by atoms with Crippen LogP contribution >= 0.6 is 23.2 Å². The Balaban J connectivity index is 1.82. The average Bonchev–Trinajstić information content (AvgIpc) is 3.24. The van der Waals surface area contributed by atoms with E-state index in [0.29, 0.717) is 21.9 Å². The molecule has 0 bridgehead atoms. The Morgan fingerprint density at radius 1 is 1.16 bits per heavy atom. The van der Waals surface area contributed by atoms with E-state index >= 15 is 0 Å². The van der Waals surface area contributed by atoms with Crippen LogP contribution in [0.25, 0.3) is 11.4 Å². The molecule has 19 heavy (non-hydrogen) atoms. The average molecular weight is 294 g/mol. The van der Waals surface area contributed by atoms with Crippen molar-refractivity contribution in [2.45, 2.75) is 25.4 Å². The summed E-state index contributed by atoms with van der Waals surface area (Å²) in [6.07, 6.45) is 4.31. The van der Waals surface area contributed by atoms with Crippen LogP contribution in [0, 0.1) is 0 Å². The maximum absolute atomic E-state index is 6.01. The van der Waals surface area contributed by atoms with Crippen LogP contribution in [0.1, 0.15) is 18.5 Å². The van der Waals surface area contributed by atoms with Gasteiger partial charge in [0, 0.05) is 24.3 Å². The predicted octanol–water partition coefficient (Wildman–Crippen LogP) is 3.70. The monoisotopic (exact) mass is 293 g/mol. The van der Waals surface area contributed by atoms with E-state index in [-0.39, 0.29) is 0 Å². The Labute approximate surface area is 122 Å². The van der Waals surface area contributed by atoms with Crippen molar-refractivity contribution < 1.29 is 0 Å². The minimum Gasteiger partial charge on any atom is -0.308 e. The van der Waals surface area contributed by atoms with Gasteiger partial charge in [0.25, 0.3) is 0 Å². The van der Waals surface area contributed by atoms with Gasteiger partial charge in [0.05, 0.1) is 15.7 Å². The van der Waals surface area contributed by atoms with Gasteiger partial charge in [0.1, 0.15) is 0 Å². The highest BCUT2D eigenvalue weighted by Crippen LogP contribution is 2.26. The highest BCUT2D eigenvalue weighted by Gasteiger charge is 2.20. The summed E-state index contributed by atoms with van der Waals surface area (Å²) < 4.78 is 0. The van der Waals surface area contributed by atoms with Crippen molar-refractivity contribution in [3.63, 3.8) is 0 Å². The minimum atomic E-state index is 0.518. The third kappa shape index (κ3) is 3.24. The van der Waals surface area contributed by atoms with Gasteiger partial charge in [-0.15, -0.1) is 0 Å². The van der Waals surface area contributed by atoms with Crippen LogP contribution in [-0.4, -0.2) is 16.0 Å². The molecule has 2 aromatic rings. The lowest BCUT2D eigenvalue weighted by molar-refractivity contribution is 0.673. The lowest BCUT2D eigenvalue weighted by Gasteiger charge is -2.05. The van der Waals surface area contributed by atoms with E-state index < -0.39 is 0 Å². The third-order valence-electron chi connectivity index (χ3n) is 3.04. The zero-order valence-corrected chi connectivity index (χ0v) is 11.7. The Bertz CT molecular complexity index is 597. The molecular weight excluding hydrogens is 281 g/mol. The number of halogens is 2. The first kappa shape index (κ1) is 12.9. The fourth-order valence-electron chi connectivity index (χ4n) is 1.81. The Kier molecular flexibility index (Phi) is 3.69. The molecule has 1 fully saturated rings. The molecular formula is C14H13Cl2N3. The number of benzene rings is 1. The van der Waals surface area contributed by atoms with E-state index in [9.17, 15) is 0 Å². The quantitative estimate of drug-likeness (QED) is 0.934. The second kappa shape index (κ2) is 5.45. The molecule has 98 valence electrons. The van der Waals surface area contributed by atoms with Crippen molar-refractivity contribution in [1.82, 2.24) is 15.3 Å². The van der Waals surface area contributed by atoms with Gasteiger partial charge in [-0.2, -0.15) is 0 Å². The minimum absolute atomic E-state index is 0.518. The number of nitrogens with zero attached hydrogens (tertiary/aromatic N) is 2. The fourth-order valence-corrected chi connectivity index (χ4v) is 2.10. The second-order valence-corrected chi connectivity index (χ2v) is 5.47. The van der Waals surface area contributed by atoms with Gasteiger partial charge in [-0.25, -0.2) is 9.97 Å². The topological polar surface area (TPSA) is 37.8 Å². The van der Waals surface area contributed by atoms with Crippen molar-refractivity contribution in [2.75, 3.05) is 0 Å². The second-order valence-electron chi connectivity index (χ2n) is 4.66. The molecule has 0 spiro atoms. The Morgan fingerprint density at radius 3 is 2.74 bits per heavy atom. The van der Waals surface area contributed by atoms with Gasteiger partial charge in [0.15, 0.2) is 5.82 Å². The van der Waals surface area contributed by atoms with Crippen LogP contribution in [0.4, 0.5) is 0 Å². The molecule has 1 saturated carbocycles. The van der Waals surface area contributed by atoms with E-state index in [0.717, 1.165) is 17.8 Å². The lowest BCUT2D eigenvalue weighted by atomic mass is 10.2. The number of hydrogen-bond donors (Lipinski definition) is 1. The number of nitrogens with one attached hydrogen (secondary N) is 1. The van der Waals surface area contributed by atoms with Gasteiger partial charge in [-0.05, 0) is 37.1 Å². The van der Waals surface area contributed by atoms with E-state index in [1.165, 1.54) is 12.8 Å². The Hall–Kier alpha value is -1.16. The molecule has 0 atom stereocenters. The van der Waals surface area contributed by atoms with Gasteiger partial charge < -0.3 is 5.32 Å². The van der Waals surface area contributed by atoms with Gasteiger partial charge in [-0.1, -0.05) is 23.2 Å². The lowest BCUT2D eigenvalue weighted by Crippen LogP contribution is -2.16. The summed E-state index contributed by atoms with van der Waals surface area (Å²) in [6.45, 7) is 0.779. The molecule has 5 heteroatoms. The number of aromatic nitrogens is 2. The third-order valence-corrected chi connectivity index (χ3v) is 3.78. The van der Waals surface area contributed by atoms with Gasteiger partial charge in [-0.3, -0.25) is 0 Å². The molecule has 1 aromatic heterocycles. The molecule has 1 N–H and O–H groups in total. The zero-order chi connectivity index (χ0) is 13.2. The van der Waals surface area contributed by atoms with Gasteiger partial charge in [0.2, 0.25) is 0 Å². The molecule has 0 unspecified atom stereocenters. The summed E-state index contributed by atoms with van der Waals surface area (Å²) >= 11 is 11.9. The smallest absolute Gasteiger partial charge is 0.159 e. The number of rotatable bonds is 4. The first-order valence-electron chi connectivity index (χ1n) is 6.23. The summed E-state index contributed by atoms with van der Waals surface area (Å²) in [6, 6.07) is 8.02. The summed E-state index contributed by atoms with van der Waals surface area (Å²) in [5.41, 5.74) is 1.87. The van der Waals surface area contributed by atoms with Crippen LogP contribution in [0.2, 0.25) is 10.0 Å². The maximum Gasteiger partial charge on any atom is 0.159 e. The van der Waals surface area contributed by atoms with Crippen LogP contribution in [0.5, 0.6) is 0 Å². The molecule has 1 aliphatic carbocycles. The molecule has 0 saturated heterocycles. The van der Waals surface area contributed by atoms with Gasteiger partial charge >= 0.3 is 0 Å². The maximum atomic E-state index is 6.01. The predicted molar refractivity (Wildman–Crippen MR) is 77.3 cm³/mol. The normalized spacial score (nSPS) is 14.6. The largest absolute Gasteiger partial charge is 0.308 e. The highest BCUT2D eigenvalue weighted by molar-refractivity contribution is 6.42. The molecule has 3 rings (SSSR count). The standard InChI is InChI=1S/C14H13Cl2N3/c15-12-4-1-9(7-13(12)16)14-17-6-5-11(19-14)8-18-10-2-3-10/h1,4-7,10,18H,2-3,8H2. The molecule has 1 aromatic carbocycles. The summed E-state index contributed by atoms with van der Waals surface area (Å²) in [7, 11) is 0. The van der Waals surface area contributed by atoms with E-state index in [2.05, 4.69) is 15.3 Å². The van der Waals surface area contributed by atoms with Crippen molar-refractivity contribution in [1.29, 1.82) is 0 Å².